The van der Waals surface area contributed by atoms with Crippen LogP contribution in [-0.2, 0) is 4.74 Å². The van der Waals surface area contributed by atoms with Crippen molar-refractivity contribution in [1.29, 1.82) is 0 Å². The summed E-state index contributed by atoms with van der Waals surface area (Å²) in [5.41, 5.74) is 4.26. The lowest BCUT2D eigenvalue weighted by atomic mass is 9.86. The van der Waals surface area contributed by atoms with E-state index < -0.39 is 0 Å². The highest BCUT2D eigenvalue weighted by Crippen LogP contribution is 2.24. The Morgan fingerprint density at radius 1 is 0.706 bits per heavy atom. The van der Waals surface area contributed by atoms with Crippen LogP contribution in [0.2, 0.25) is 0 Å². The van der Waals surface area contributed by atoms with Gasteiger partial charge in [0, 0.05) is 0 Å². The molecule has 0 N–H and O–H groups in total. The Balaban J connectivity index is -0.000000288. The molecule has 0 aliphatic heterocycles. The van der Waals surface area contributed by atoms with Gasteiger partial charge < -0.3 is 4.74 Å². The molecular formula is C33H64O. The highest BCUT2D eigenvalue weighted by Gasteiger charge is 2.12. The Hall–Kier alpha value is -1.50. The van der Waals surface area contributed by atoms with Crippen LogP contribution < -0.4 is 0 Å². The maximum atomic E-state index is 4.92. The number of allylic oxidation sites excluding steroid dienone is 10. The van der Waals surface area contributed by atoms with Gasteiger partial charge in [0.2, 0.25) is 0 Å². The average Bonchev–Trinajstić information content (AvgIpc) is 2.84. The molecule has 0 heterocycles. The second-order valence-corrected chi connectivity index (χ2v) is 9.45. The molecule has 0 aliphatic rings. The van der Waals surface area contributed by atoms with Gasteiger partial charge in [0.05, 0.1) is 12.9 Å². The molecule has 0 spiro atoms. The zero-order chi connectivity index (χ0) is 27.7. The first-order chi connectivity index (χ1) is 15.9. The van der Waals surface area contributed by atoms with Crippen LogP contribution in [0, 0.1) is 23.7 Å². The van der Waals surface area contributed by atoms with Crippen molar-refractivity contribution >= 4 is 0 Å². The van der Waals surface area contributed by atoms with Gasteiger partial charge in [-0.3, -0.25) is 0 Å². The summed E-state index contributed by atoms with van der Waals surface area (Å²) >= 11 is 0. The molecule has 0 aromatic carbocycles. The smallest absolute Gasteiger partial charge is 0.0924 e. The highest BCUT2D eigenvalue weighted by molar-refractivity contribution is 5.16. The third-order valence-corrected chi connectivity index (χ3v) is 5.69. The van der Waals surface area contributed by atoms with Crippen molar-refractivity contribution in [3.8, 4) is 0 Å². The largest absolute Gasteiger partial charge is 0.501 e. The van der Waals surface area contributed by atoms with Crippen LogP contribution in [0.25, 0.3) is 0 Å². The van der Waals surface area contributed by atoms with Crippen molar-refractivity contribution in [2.45, 2.75) is 123 Å². The van der Waals surface area contributed by atoms with E-state index in [1.807, 2.05) is 46.8 Å². The number of hydrogen-bond donors (Lipinski definition) is 0. The fourth-order valence-electron chi connectivity index (χ4n) is 2.50. The molecule has 1 nitrogen and oxygen atoms in total. The van der Waals surface area contributed by atoms with E-state index in [0.717, 1.165) is 18.1 Å². The van der Waals surface area contributed by atoms with Gasteiger partial charge >= 0.3 is 0 Å². The lowest BCUT2D eigenvalue weighted by molar-refractivity contribution is 0.294. The third-order valence-electron chi connectivity index (χ3n) is 5.69. The van der Waals surface area contributed by atoms with Gasteiger partial charge in [-0.05, 0) is 83.6 Å². The van der Waals surface area contributed by atoms with Crippen LogP contribution >= 0.6 is 0 Å². The summed E-state index contributed by atoms with van der Waals surface area (Å²) in [7, 11) is 1.67. The number of ether oxygens (including phenoxy) is 1. The van der Waals surface area contributed by atoms with E-state index in [1.54, 1.807) is 7.11 Å². The lowest BCUT2D eigenvalue weighted by Crippen LogP contribution is -2.08. The standard InChI is InChI=1S/C21H38.C8H14O.2C2H6/c1-9-17(4)11-13-19(6)21(8)15-14-20(7)18(5)12-10-16(2)3;1-7(2)5-6-8(3)9-4;2*1-2/h10-13,16,18,20-21H,9,14-15H2,1-8H3;5-6H,1-4H3;2*1-2H3/b12-10-,17-11+,19-13+;8-6+;;. The van der Waals surface area contributed by atoms with Crippen LogP contribution in [-0.4, -0.2) is 7.11 Å². The molecule has 0 saturated carbocycles. The molecule has 202 valence electrons. The van der Waals surface area contributed by atoms with Gasteiger partial charge in [0.15, 0.2) is 0 Å². The van der Waals surface area contributed by atoms with Crippen LogP contribution in [0.3, 0.4) is 0 Å². The Labute approximate surface area is 217 Å². The van der Waals surface area contributed by atoms with E-state index in [-0.39, 0.29) is 0 Å². The molecule has 0 radical (unpaired) electrons. The van der Waals surface area contributed by atoms with E-state index in [4.69, 9.17) is 4.74 Å². The molecule has 0 amide bonds. The monoisotopic (exact) mass is 476 g/mol. The molecule has 3 unspecified atom stereocenters. The molecule has 0 fully saturated rings. The van der Waals surface area contributed by atoms with Crippen LogP contribution in [0.4, 0.5) is 0 Å². The van der Waals surface area contributed by atoms with Crippen molar-refractivity contribution in [1.82, 2.24) is 0 Å². The van der Waals surface area contributed by atoms with Gasteiger partial charge in [-0.15, -0.1) is 0 Å². The van der Waals surface area contributed by atoms with Crippen molar-refractivity contribution in [2.24, 2.45) is 23.7 Å². The zero-order valence-electron chi connectivity index (χ0n) is 26.3. The van der Waals surface area contributed by atoms with Gasteiger partial charge in [0.25, 0.3) is 0 Å². The fraction of sp³-hybridized carbons (Fsp3) is 0.697. The van der Waals surface area contributed by atoms with Gasteiger partial charge in [-0.2, -0.15) is 0 Å². The minimum absolute atomic E-state index is 0.664. The summed E-state index contributed by atoms with van der Waals surface area (Å²) in [6.07, 6.45) is 17.1. The molecule has 0 rings (SSSR count). The van der Waals surface area contributed by atoms with Crippen molar-refractivity contribution in [3.05, 3.63) is 58.9 Å². The number of methoxy groups -OCH3 is 1. The van der Waals surface area contributed by atoms with Crippen LogP contribution in [0.1, 0.15) is 123 Å². The van der Waals surface area contributed by atoms with E-state index in [1.165, 1.54) is 29.6 Å². The third kappa shape index (κ3) is 28.5. The quantitative estimate of drug-likeness (QED) is 0.164. The van der Waals surface area contributed by atoms with E-state index >= 15 is 0 Å². The number of hydrogen-bond acceptors (Lipinski definition) is 1. The van der Waals surface area contributed by atoms with Crippen LogP contribution in [0.15, 0.2) is 58.9 Å². The maximum absolute atomic E-state index is 4.92. The lowest BCUT2D eigenvalue weighted by Gasteiger charge is -2.20. The molecule has 3 atom stereocenters. The Morgan fingerprint density at radius 2 is 1.24 bits per heavy atom. The summed E-state index contributed by atoms with van der Waals surface area (Å²) in [5, 5.41) is 0. The summed E-state index contributed by atoms with van der Waals surface area (Å²) in [6.45, 7) is 32.3. The normalized spacial score (nSPS) is 14.6. The Morgan fingerprint density at radius 3 is 1.65 bits per heavy atom. The predicted molar refractivity (Wildman–Crippen MR) is 161 cm³/mol. The second-order valence-electron chi connectivity index (χ2n) is 9.45. The maximum Gasteiger partial charge on any atom is 0.0924 e. The first kappa shape index (κ1) is 39.7. The van der Waals surface area contributed by atoms with Gasteiger partial charge in [-0.1, -0.05) is 116 Å². The topological polar surface area (TPSA) is 9.23 Å². The summed E-state index contributed by atoms with van der Waals surface area (Å²) in [5.74, 6) is 3.75. The molecule has 34 heavy (non-hydrogen) atoms. The molecule has 0 aliphatic carbocycles. The van der Waals surface area contributed by atoms with E-state index in [0.29, 0.717) is 17.8 Å². The Bertz CT molecular complexity index is 580. The number of rotatable bonds is 11. The first-order valence-electron chi connectivity index (χ1n) is 13.8. The summed E-state index contributed by atoms with van der Waals surface area (Å²) < 4.78 is 4.92. The summed E-state index contributed by atoms with van der Waals surface area (Å²) in [6, 6.07) is 0. The van der Waals surface area contributed by atoms with Gasteiger partial charge in [-0.25, -0.2) is 0 Å². The SMILES string of the molecule is CC.CC.CC/C(C)=C/C=C(\C)C(C)CCC(C)C(C)/C=C\C(C)C.CO/C(C)=C/C=C(C)C. The zero-order valence-corrected chi connectivity index (χ0v) is 26.3. The van der Waals surface area contributed by atoms with Crippen molar-refractivity contribution in [3.63, 3.8) is 0 Å². The average molecular weight is 477 g/mol. The van der Waals surface area contributed by atoms with Crippen LogP contribution in [0.5, 0.6) is 0 Å². The summed E-state index contributed by atoms with van der Waals surface area (Å²) in [4.78, 5) is 0. The fourth-order valence-corrected chi connectivity index (χ4v) is 2.50. The second kappa shape index (κ2) is 27.7. The minimum Gasteiger partial charge on any atom is -0.501 e. The molecule has 0 aromatic heterocycles. The van der Waals surface area contributed by atoms with Crippen molar-refractivity contribution in [2.75, 3.05) is 7.11 Å². The van der Waals surface area contributed by atoms with E-state index in [9.17, 15) is 0 Å². The molecular weight excluding hydrogens is 412 g/mol. The van der Waals surface area contributed by atoms with E-state index in [2.05, 4.69) is 93.5 Å². The highest BCUT2D eigenvalue weighted by atomic mass is 16.5. The Kier molecular flexibility index (Phi) is 32.4. The molecule has 0 aromatic rings. The van der Waals surface area contributed by atoms with Gasteiger partial charge in [0.1, 0.15) is 0 Å². The molecule has 0 bridgehead atoms. The minimum atomic E-state index is 0.664. The first-order valence-corrected chi connectivity index (χ1v) is 13.8. The van der Waals surface area contributed by atoms with Crippen molar-refractivity contribution < 1.29 is 4.74 Å². The molecule has 0 saturated heterocycles. The predicted octanol–water partition coefficient (Wildman–Crippen LogP) is 11.7. The molecule has 1 heteroatoms.